The largest absolute Gasteiger partial charge is 0.497 e. The van der Waals surface area contributed by atoms with Gasteiger partial charge in [-0.2, -0.15) is 0 Å². The standard InChI is InChI=1S/C17H17FO2/c1-20-16-6-5-12-7-8-17(19,11-13(12)9-16)14-3-2-4-15(18)10-14/h2-6,9-10,19H,7-8,11H2,1H3. The van der Waals surface area contributed by atoms with Crippen molar-refractivity contribution in [3.05, 3.63) is 65.0 Å². The lowest BCUT2D eigenvalue weighted by Gasteiger charge is -2.34. The molecule has 1 N–H and O–H groups in total. The van der Waals surface area contributed by atoms with E-state index in [0.717, 1.165) is 17.7 Å². The molecule has 0 amide bonds. The Bertz CT molecular complexity index is 639. The van der Waals surface area contributed by atoms with Crippen LogP contribution < -0.4 is 4.74 Å². The highest BCUT2D eigenvalue weighted by Gasteiger charge is 2.34. The van der Waals surface area contributed by atoms with Crippen LogP contribution in [0.3, 0.4) is 0 Å². The predicted molar refractivity (Wildman–Crippen MR) is 75.3 cm³/mol. The SMILES string of the molecule is COc1ccc2c(c1)CC(O)(c1cccc(F)c1)CC2. The molecule has 1 unspecified atom stereocenters. The van der Waals surface area contributed by atoms with Gasteiger partial charge in [0.15, 0.2) is 0 Å². The van der Waals surface area contributed by atoms with E-state index < -0.39 is 5.60 Å². The van der Waals surface area contributed by atoms with Crippen LogP contribution in [0.5, 0.6) is 5.75 Å². The first-order chi connectivity index (χ1) is 9.60. The highest BCUT2D eigenvalue weighted by molar-refractivity contribution is 5.40. The second-order valence-corrected chi connectivity index (χ2v) is 5.35. The highest BCUT2D eigenvalue weighted by atomic mass is 19.1. The molecular formula is C17H17FO2. The molecule has 2 nitrogen and oxygen atoms in total. The van der Waals surface area contributed by atoms with Gasteiger partial charge in [-0.15, -0.1) is 0 Å². The van der Waals surface area contributed by atoms with E-state index in [0.29, 0.717) is 18.4 Å². The minimum absolute atomic E-state index is 0.313. The third kappa shape index (κ3) is 2.29. The molecule has 3 heteroatoms. The van der Waals surface area contributed by atoms with Gasteiger partial charge in [-0.1, -0.05) is 18.2 Å². The summed E-state index contributed by atoms with van der Waals surface area (Å²) in [6.45, 7) is 0. The van der Waals surface area contributed by atoms with Crippen LogP contribution in [0.1, 0.15) is 23.1 Å². The van der Waals surface area contributed by atoms with Gasteiger partial charge >= 0.3 is 0 Å². The third-order valence-corrected chi connectivity index (χ3v) is 4.07. The average molecular weight is 272 g/mol. The van der Waals surface area contributed by atoms with Crippen LogP contribution in [0.15, 0.2) is 42.5 Å². The fraction of sp³-hybridized carbons (Fsp3) is 0.294. The van der Waals surface area contributed by atoms with Crippen LogP contribution in [0.25, 0.3) is 0 Å². The minimum atomic E-state index is -0.999. The first-order valence-electron chi connectivity index (χ1n) is 6.75. The van der Waals surface area contributed by atoms with E-state index >= 15 is 0 Å². The molecule has 3 rings (SSSR count). The Morgan fingerprint density at radius 2 is 2.00 bits per heavy atom. The number of ether oxygens (including phenoxy) is 1. The summed E-state index contributed by atoms with van der Waals surface area (Å²) in [4.78, 5) is 0. The monoisotopic (exact) mass is 272 g/mol. The molecule has 0 bridgehead atoms. The Morgan fingerprint density at radius 1 is 1.15 bits per heavy atom. The van der Waals surface area contributed by atoms with Crippen LogP contribution in [0, 0.1) is 5.82 Å². The molecule has 1 atom stereocenters. The molecule has 2 aromatic rings. The molecular weight excluding hydrogens is 255 g/mol. The fourth-order valence-corrected chi connectivity index (χ4v) is 2.91. The molecule has 1 aliphatic rings. The molecule has 20 heavy (non-hydrogen) atoms. The Morgan fingerprint density at radius 3 is 2.75 bits per heavy atom. The fourth-order valence-electron chi connectivity index (χ4n) is 2.91. The zero-order valence-electron chi connectivity index (χ0n) is 11.4. The van der Waals surface area contributed by atoms with E-state index in [1.807, 2.05) is 18.2 Å². The van der Waals surface area contributed by atoms with Crippen molar-refractivity contribution in [3.8, 4) is 5.75 Å². The summed E-state index contributed by atoms with van der Waals surface area (Å²) in [7, 11) is 1.63. The van der Waals surface area contributed by atoms with Crippen molar-refractivity contribution in [2.45, 2.75) is 24.9 Å². The van der Waals surface area contributed by atoms with Gasteiger partial charge in [0.1, 0.15) is 11.6 Å². The van der Waals surface area contributed by atoms with Gasteiger partial charge in [-0.3, -0.25) is 0 Å². The Balaban J connectivity index is 1.97. The van der Waals surface area contributed by atoms with Gasteiger partial charge in [0.05, 0.1) is 12.7 Å². The van der Waals surface area contributed by atoms with Gasteiger partial charge < -0.3 is 9.84 Å². The lowest BCUT2D eigenvalue weighted by atomic mass is 9.76. The molecule has 104 valence electrons. The van der Waals surface area contributed by atoms with Crippen molar-refractivity contribution in [3.63, 3.8) is 0 Å². The number of benzene rings is 2. The second-order valence-electron chi connectivity index (χ2n) is 5.35. The average Bonchev–Trinajstić information content (AvgIpc) is 2.46. The molecule has 2 aromatic carbocycles. The van der Waals surface area contributed by atoms with Crippen LogP contribution in [0.2, 0.25) is 0 Å². The van der Waals surface area contributed by atoms with Gasteiger partial charge in [-0.05, 0) is 53.8 Å². The third-order valence-electron chi connectivity index (χ3n) is 4.07. The molecule has 0 spiro atoms. The van der Waals surface area contributed by atoms with E-state index in [2.05, 4.69) is 0 Å². The lowest BCUT2D eigenvalue weighted by molar-refractivity contribution is 0.0219. The number of methoxy groups -OCH3 is 1. The Kier molecular flexibility index (Phi) is 3.22. The summed E-state index contributed by atoms with van der Waals surface area (Å²) in [5, 5.41) is 10.9. The molecule has 1 aliphatic carbocycles. The van der Waals surface area contributed by atoms with Crippen molar-refractivity contribution in [2.24, 2.45) is 0 Å². The minimum Gasteiger partial charge on any atom is -0.497 e. The number of hydrogen-bond donors (Lipinski definition) is 1. The van der Waals surface area contributed by atoms with Crippen molar-refractivity contribution < 1.29 is 14.2 Å². The van der Waals surface area contributed by atoms with Crippen LogP contribution in [-0.4, -0.2) is 12.2 Å². The zero-order chi connectivity index (χ0) is 14.2. The predicted octanol–water partition coefficient (Wildman–Crippen LogP) is 3.21. The zero-order valence-corrected chi connectivity index (χ0v) is 11.4. The number of hydrogen-bond acceptors (Lipinski definition) is 2. The number of halogens is 1. The first kappa shape index (κ1) is 13.1. The molecule has 0 heterocycles. The molecule has 0 saturated carbocycles. The van der Waals surface area contributed by atoms with Crippen molar-refractivity contribution >= 4 is 0 Å². The van der Waals surface area contributed by atoms with Crippen LogP contribution in [-0.2, 0) is 18.4 Å². The van der Waals surface area contributed by atoms with Gasteiger partial charge in [-0.25, -0.2) is 4.39 Å². The number of fused-ring (bicyclic) bond motifs is 1. The van der Waals surface area contributed by atoms with E-state index in [1.165, 1.54) is 17.7 Å². The van der Waals surface area contributed by atoms with Gasteiger partial charge in [0, 0.05) is 6.42 Å². The lowest BCUT2D eigenvalue weighted by Crippen LogP contribution is -2.33. The van der Waals surface area contributed by atoms with Crippen LogP contribution in [0.4, 0.5) is 4.39 Å². The van der Waals surface area contributed by atoms with E-state index in [-0.39, 0.29) is 5.82 Å². The molecule has 0 aromatic heterocycles. The first-order valence-corrected chi connectivity index (χ1v) is 6.75. The number of aliphatic hydroxyl groups is 1. The Labute approximate surface area is 117 Å². The molecule has 0 saturated heterocycles. The second kappa shape index (κ2) is 4.91. The summed E-state index contributed by atoms with van der Waals surface area (Å²) >= 11 is 0. The van der Waals surface area contributed by atoms with Crippen molar-refractivity contribution in [2.75, 3.05) is 7.11 Å². The number of rotatable bonds is 2. The summed E-state index contributed by atoms with van der Waals surface area (Å²) < 4.78 is 18.6. The van der Waals surface area contributed by atoms with Crippen molar-refractivity contribution in [1.82, 2.24) is 0 Å². The maximum Gasteiger partial charge on any atom is 0.123 e. The van der Waals surface area contributed by atoms with Crippen LogP contribution >= 0.6 is 0 Å². The van der Waals surface area contributed by atoms with E-state index in [9.17, 15) is 9.50 Å². The molecule has 0 fully saturated rings. The summed E-state index contributed by atoms with van der Waals surface area (Å²) in [5.74, 6) is 0.472. The maximum absolute atomic E-state index is 13.4. The maximum atomic E-state index is 13.4. The summed E-state index contributed by atoms with van der Waals surface area (Å²) in [6.07, 6.45) is 1.88. The van der Waals surface area contributed by atoms with Crippen molar-refractivity contribution in [1.29, 1.82) is 0 Å². The van der Waals surface area contributed by atoms with Gasteiger partial charge in [0.2, 0.25) is 0 Å². The van der Waals surface area contributed by atoms with E-state index in [1.54, 1.807) is 19.2 Å². The topological polar surface area (TPSA) is 29.5 Å². The van der Waals surface area contributed by atoms with E-state index in [4.69, 9.17) is 4.74 Å². The summed E-state index contributed by atoms with van der Waals surface area (Å²) in [6, 6.07) is 12.2. The Hall–Kier alpha value is -1.87. The smallest absolute Gasteiger partial charge is 0.123 e. The molecule has 0 aliphatic heterocycles. The van der Waals surface area contributed by atoms with Gasteiger partial charge in [0.25, 0.3) is 0 Å². The summed E-state index contributed by atoms with van der Waals surface area (Å²) in [5.41, 5.74) is 1.95. The normalized spacial score (nSPS) is 21.4. The number of aryl methyl sites for hydroxylation is 1. The molecule has 0 radical (unpaired) electrons. The highest BCUT2D eigenvalue weighted by Crippen LogP contribution is 2.37. The quantitative estimate of drug-likeness (QED) is 0.909.